The summed E-state index contributed by atoms with van der Waals surface area (Å²) in [7, 11) is 0. The second kappa shape index (κ2) is 10.0. The lowest BCUT2D eigenvalue weighted by Crippen LogP contribution is -2.51. The quantitative estimate of drug-likeness (QED) is 0.671. The predicted molar refractivity (Wildman–Crippen MR) is 107 cm³/mol. The molecule has 5 nitrogen and oxygen atoms in total. The fourth-order valence-corrected chi connectivity index (χ4v) is 2.58. The third-order valence-corrected chi connectivity index (χ3v) is 4.03. The summed E-state index contributed by atoms with van der Waals surface area (Å²) in [5.41, 5.74) is 6.90. The fraction of sp³-hybridized carbons (Fsp3) is 0.300. The highest BCUT2D eigenvalue weighted by Gasteiger charge is 2.26. The standard InChI is InChI=1S/C20H24FN3O2.ClH/c1-3-11-20(2,22)19(26)23-13-14-5-4-6-17(12-14)24-18(25)15-7-9-16(21)10-8-15;/h4-10,12H,3,11,13,22H2,1-2H3,(H,23,26)(H,24,25);1H. The highest BCUT2D eigenvalue weighted by atomic mass is 35.5. The van der Waals surface area contributed by atoms with Gasteiger partial charge in [0.2, 0.25) is 5.91 Å². The molecule has 7 heteroatoms. The van der Waals surface area contributed by atoms with Crippen LogP contribution in [-0.2, 0) is 11.3 Å². The third kappa shape index (κ3) is 6.66. The van der Waals surface area contributed by atoms with Crippen LogP contribution in [0.1, 0.15) is 42.6 Å². The zero-order valence-corrected chi connectivity index (χ0v) is 16.2. The zero-order valence-electron chi connectivity index (χ0n) is 15.4. The molecule has 2 rings (SSSR count). The van der Waals surface area contributed by atoms with E-state index in [4.69, 9.17) is 5.73 Å². The number of anilines is 1. The molecular formula is C20H25ClFN3O2. The number of amides is 2. The largest absolute Gasteiger partial charge is 0.350 e. The molecule has 0 radical (unpaired) electrons. The topological polar surface area (TPSA) is 84.2 Å². The number of hydrogen-bond donors (Lipinski definition) is 3. The summed E-state index contributed by atoms with van der Waals surface area (Å²) in [4.78, 5) is 24.4. The number of hydrogen-bond acceptors (Lipinski definition) is 3. The Morgan fingerprint density at radius 3 is 2.44 bits per heavy atom. The number of nitrogens with one attached hydrogen (secondary N) is 2. The molecule has 0 aliphatic heterocycles. The molecule has 2 amide bonds. The van der Waals surface area contributed by atoms with Crippen molar-refractivity contribution in [3.05, 3.63) is 65.5 Å². The average Bonchev–Trinajstić information content (AvgIpc) is 2.60. The maximum absolute atomic E-state index is 12.9. The minimum Gasteiger partial charge on any atom is -0.350 e. The number of nitrogens with two attached hydrogens (primary N) is 1. The Morgan fingerprint density at radius 2 is 1.81 bits per heavy atom. The molecule has 0 spiro atoms. The van der Waals surface area contributed by atoms with Crippen molar-refractivity contribution in [2.45, 2.75) is 38.8 Å². The van der Waals surface area contributed by atoms with Gasteiger partial charge in [0.1, 0.15) is 5.82 Å². The van der Waals surface area contributed by atoms with E-state index in [-0.39, 0.29) is 24.2 Å². The Kier molecular flexibility index (Phi) is 8.40. The van der Waals surface area contributed by atoms with Crippen molar-refractivity contribution in [2.24, 2.45) is 5.73 Å². The van der Waals surface area contributed by atoms with Crippen LogP contribution in [-0.4, -0.2) is 17.4 Å². The molecule has 0 saturated carbocycles. The summed E-state index contributed by atoms with van der Waals surface area (Å²) in [5, 5.41) is 5.58. The lowest BCUT2D eigenvalue weighted by atomic mass is 9.96. The average molecular weight is 394 g/mol. The van der Waals surface area contributed by atoms with Gasteiger partial charge in [-0.3, -0.25) is 9.59 Å². The summed E-state index contributed by atoms with van der Waals surface area (Å²) in [5.74, 6) is -0.932. The van der Waals surface area contributed by atoms with E-state index in [2.05, 4.69) is 10.6 Å². The first-order valence-corrected chi connectivity index (χ1v) is 8.55. The second-order valence-electron chi connectivity index (χ2n) is 6.51. The number of carbonyl (C=O) groups excluding carboxylic acids is 2. The molecule has 4 N–H and O–H groups in total. The maximum atomic E-state index is 12.9. The molecule has 2 aromatic carbocycles. The molecule has 1 atom stereocenters. The SMILES string of the molecule is CCCC(C)(N)C(=O)NCc1cccc(NC(=O)c2ccc(F)cc2)c1.Cl. The number of benzene rings is 2. The van der Waals surface area contributed by atoms with Gasteiger partial charge < -0.3 is 16.4 Å². The van der Waals surface area contributed by atoms with E-state index >= 15 is 0 Å². The van der Waals surface area contributed by atoms with E-state index in [0.29, 0.717) is 24.2 Å². The van der Waals surface area contributed by atoms with Crippen LogP contribution in [0.15, 0.2) is 48.5 Å². The van der Waals surface area contributed by atoms with Crippen molar-refractivity contribution in [2.75, 3.05) is 5.32 Å². The molecule has 1 unspecified atom stereocenters. The Morgan fingerprint density at radius 1 is 1.15 bits per heavy atom. The molecule has 27 heavy (non-hydrogen) atoms. The van der Waals surface area contributed by atoms with Crippen LogP contribution in [0, 0.1) is 5.82 Å². The van der Waals surface area contributed by atoms with Crippen molar-refractivity contribution in [3.63, 3.8) is 0 Å². The van der Waals surface area contributed by atoms with Crippen LogP contribution < -0.4 is 16.4 Å². The minimum absolute atomic E-state index is 0. The van der Waals surface area contributed by atoms with Crippen molar-refractivity contribution in [1.29, 1.82) is 0 Å². The van der Waals surface area contributed by atoms with Gasteiger partial charge in [0.25, 0.3) is 5.91 Å². The van der Waals surface area contributed by atoms with Crippen LogP contribution in [0.4, 0.5) is 10.1 Å². The molecule has 0 fully saturated rings. The van der Waals surface area contributed by atoms with E-state index in [9.17, 15) is 14.0 Å². The zero-order chi connectivity index (χ0) is 19.2. The molecular weight excluding hydrogens is 369 g/mol. The minimum atomic E-state index is -0.900. The van der Waals surface area contributed by atoms with Crippen LogP contribution in [0.25, 0.3) is 0 Å². The Labute approximate surface area is 164 Å². The first-order valence-electron chi connectivity index (χ1n) is 8.55. The summed E-state index contributed by atoms with van der Waals surface area (Å²) < 4.78 is 12.9. The second-order valence-corrected chi connectivity index (χ2v) is 6.51. The molecule has 0 aromatic heterocycles. The van der Waals surface area contributed by atoms with Crippen LogP contribution in [0.2, 0.25) is 0 Å². The van der Waals surface area contributed by atoms with E-state index in [1.807, 2.05) is 13.0 Å². The van der Waals surface area contributed by atoms with E-state index in [0.717, 1.165) is 12.0 Å². The Balaban J connectivity index is 0.00000364. The predicted octanol–water partition coefficient (Wildman–Crippen LogP) is 3.63. The van der Waals surface area contributed by atoms with E-state index < -0.39 is 11.4 Å². The smallest absolute Gasteiger partial charge is 0.255 e. The van der Waals surface area contributed by atoms with Gasteiger partial charge >= 0.3 is 0 Å². The monoisotopic (exact) mass is 393 g/mol. The van der Waals surface area contributed by atoms with Gasteiger partial charge in [-0.2, -0.15) is 0 Å². The van der Waals surface area contributed by atoms with Gasteiger partial charge in [-0.15, -0.1) is 12.4 Å². The Bertz CT molecular complexity index is 779. The molecule has 0 bridgehead atoms. The van der Waals surface area contributed by atoms with Gasteiger partial charge in [0, 0.05) is 17.8 Å². The molecule has 0 aliphatic rings. The van der Waals surface area contributed by atoms with Crippen molar-refractivity contribution in [1.82, 2.24) is 5.32 Å². The van der Waals surface area contributed by atoms with Gasteiger partial charge in [-0.05, 0) is 55.3 Å². The molecule has 0 saturated heterocycles. The van der Waals surface area contributed by atoms with Crippen molar-refractivity contribution < 1.29 is 14.0 Å². The van der Waals surface area contributed by atoms with Crippen LogP contribution >= 0.6 is 12.4 Å². The van der Waals surface area contributed by atoms with Crippen molar-refractivity contribution >= 4 is 29.9 Å². The fourth-order valence-electron chi connectivity index (χ4n) is 2.58. The normalized spacial score (nSPS) is 12.4. The molecule has 0 aliphatic carbocycles. The molecule has 0 heterocycles. The summed E-state index contributed by atoms with van der Waals surface area (Å²) in [6.07, 6.45) is 1.43. The summed E-state index contributed by atoms with van der Waals surface area (Å²) in [6.45, 7) is 4.01. The van der Waals surface area contributed by atoms with E-state index in [1.165, 1.54) is 24.3 Å². The van der Waals surface area contributed by atoms with Gasteiger partial charge in [-0.25, -0.2) is 4.39 Å². The number of carbonyl (C=O) groups is 2. The van der Waals surface area contributed by atoms with Gasteiger partial charge in [-0.1, -0.05) is 25.5 Å². The molecule has 2 aromatic rings. The first kappa shape index (κ1) is 22.6. The first-order chi connectivity index (χ1) is 12.3. The van der Waals surface area contributed by atoms with E-state index in [1.54, 1.807) is 25.1 Å². The van der Waals surface area contributed by atoms with Gasteiger partial charge in [0.05, 0.1) is 5.54 Å². The van der Waals surface area contributed by atoms with Crippen molar-refractivity contribution in [3.8, 4) is 0 Å². The Hall–Kier alpha value is -2.44. The lowest BCUT2D eigenvalue weighted by Gasteiger charge is -2.22. The summed E-state index contributed by atoms with van der Waals surface area (Å²) in [6, 6.07) is 12.5. The summed E-state index contributed by atoms with van der Waals surface area (Å²) >= 11 is 0. The lowest BCUT2D eigenvalue weighted by molar-refractivity contribution is -0.126. The highest BCUT2D eigenvalue weighted by Crippen LogP contribution is 2.14. The number of halogens is 2. The van der Waals surface area contributed by atoms with Gasteiger partial charge in [0.15, 0.2) is 0 Å². The van der Waals surface area contributed by atoms with Crippen LogP contribution in [0.5, 0.6) is 0 Å². The highest BCUT2D eigenvalue weighted by molar-refractivity contribution is 6.04. The third-order valence-electron chi connectivity index (χ3n) is 4.03. The number of rotatable bonds is 7. The maximum Gasteiger partial charge on any atom is 0.255 e. The van der Waals surface area contributed by atoms with Crippen LogP contribution in [0.3, 0.4) is 0 Å². The molecule has 146 valence electrons.